The van der Waals surface area contributed by atoms with Crippen LogP contribution in [0.5, 0.6) is 5.75 Å². The number of likely N-dealkylation sites (tertiary alicyclic amines) is 1. The molecule has 0 bridgehead atoms. The van der Waals surface area contributed by atoms with Gasteiger partial charge in [0, 0.05) is 39.3 Å². The molecule has 3 rings (SSSR count). The molecule has 0 aliphatic carbocycles. The summed E-state index contributed by atoms with van der Waals surface area (Å²) in [6.07, 6.45) is 1.55. The van der Waals surface area contributed by atoms with Crippen molar-refractivity contribution in [1.82, 2.24) is 14.7 Å². The molecule has 0 spiro atoms. The lowest BCUT2D eigenvalue weighted by Gasteiger charge is -2.38. The van der Waals surface area contributed by atoms with E-state index in [0.29, 0.717) is 50.6 Å². The molecule has 27 heavy (non-hydrogen) atoms. The molecule has 1 aromatic rings. The van der Waals surface area contributed by atoms with Crippen LogP contribution in [0.1, 0.15) is 23.2 Å². The highest BCUT2D eigenvalue weighted by Gasteiger charge is 2.33. The Hall–Kier alpha value is -2.77. The number of piperidine rings is 1. The molecule has 1 atom stereocenters. The number of rotatable bonds is 3. The number of ether oxygens (including phenoxy) is 1. The van der Waals surface area contributed by atoms with Gasteiger partial charge in [-0.1, -0.05) is 12.1 Å². The van der Waals surface area contributed by atoms with Crippen LogP contribution in [-0.2, 0) is 4.79 Å². The van der Waals surface area contributed by atoms with Crippen LogP contribution in [0.25, 0.3) is 0 Å². The van der Waals surface area contributed by atoms with Crippen LogP contribution >= 0.6 is 0 Å². The number of hydrogen-bond donors (Lipinski definition) is 1. The SMILES string of the molecule is COc1ccccc1C(=O)N1CCN(C(=O)[C@H]2CCCN(C(N)=O)C2)CC1. The number of para-hydroxylation sites is 1. The van der Waals surface area contributed by atoms with Gasteiger partial charge in [0.15, 0.2) is 0 Å². The first-order chi connectivity index (χ1) is 13.0. The van der Waals surface area contributed by atoms with Gasteiger partial charge in [0.05, 0.1) is 18.6 Å². The number of nitrogens with two attached hydrogens (primary N) is 1. The van der Waals surface area contributed by atoms with E-state index >= 15 is 0 Å². The van der Waals surface area contributed by atoms with Crippen molar-refractivity contribution in [3.05, 3.63) is 29.8 Å². The molecule has 2 heterocycles. The van der Waals surface area contributed by atoms with Gasteiger partial charge < -0.3 is 25.2 Å². The lowest BCUT2D eigenvalue weighted by atomic mass is 9.96. The molecule has 8 heteroatoms. The third kappa shape index (κ3) is 4.15. The van der Waals surface area contributed by atoms with E-state index in [1.165, 1.54) is 4.90 Å². The maximum atomic E-state index is 12.8. The quantitative estimate of drug-likeness (QED) is 0.845. The van der Waals surface area contributed by atoms with Crippen LogP contribution < -0.4 is 10.5 Å². The topological polar surface area (TPSA) is 96.2 Å². The fourth-order valence-corrected chi connectivity index (χ4v) is 3.76. The van der Waals surface area contributed by atoms with Crippen LogP contribution in [0.15, 0.2) is 24.3 Å². The number of carbonyl (C=O) groups is 3. The number of benzene rings is 1. The van der Waals surface area contributed by atoms with Crippen LogP contribution in [0.2, 0.25) is 0 Å². The third-order valence-corrected chi connectivity index (χ3v) is 5.30. The molecule has 0 radical (unpaired) electrons. The Labute approximate surface area is 158 Å². The number of primary amides is 1. The molecule has 2 fully saturated rings. The maximum absolute atomic E-state index is 12.8. The summed E-state index contributed by atoms with van der Waals surface area (Å²) in [5, 5.41) is 0. The first kappa shape index (κ1) is 19.0. The van der Waals surface area contributed by atoms with Crippen molar-refractivity contribution in [2.45, 2.75) is 12.8 Å². The van der Waals surface area contributed by atoms with Crippen molar-refractivity contribution in [1.29, 1.82) is 0 Å². The number of urea groups is 1. The number of hydrogen-bond acceptors (Lipinski definition) is 4. The summed E-state index contributed by atoms with van der Waals surface area (Å²) in [6.45, 7) is 2.94. The average Bonchev–Trinajstić information content (AvgIpc) is 2.72. The molecule has 146 valence electrons. The first-order valence-corrected chi connectivity index (χ1v) is 9.26. The predicted molar refractivity (Wildman–Crippen MR) is 99.4 cm³/mol. The summed E-state index contributed by atoms with van der Waals surface area (Å²) in [6, 6.07) is 6.67. The van der Waals surface area contributed by atoms with Crippen molar-refractivity contribution in [3.63, 3.8) is 0 Å². The zero-order valence-corrected chi connectivity index (χ0v) is 15.6. The molecule has 0 aromatic heterocycles. The van der Waals surface area contributed by atoms with E-state index in [4.69, 9.17) is 10.5 Å². The van der Waals surface area contributed by atoms with Crippen molar-refractivity contribution in [2.75, 3.05) is 46.4 Å². The summed E-state index contributed by atoms with van der Waals surface area (Å²) in [5.74, 6) is 0.305. The number of carbonyl (C=O) groups excluding carboxylic acids is 3. The maximum Gasteiger partial charge on any atom is 0.314 e. The number of piperazine rings is 1. The van der Waals surface area contributed by atoms with E-state index in [9.17, 15) is 14.4 Å². The summed E-state index contributed by atoms with van der Waals surface area (Å²) in [4.78, 5) is 42.0. The highest BCUT2D eigenvalue weighted by atomic mass is 16.5. The third-order valence-electron chi connectivity index (χ3n) is 5.30. The predicted octanol–water partition coefficient (Wildman–Crippen LogP) is 0.770. The second kappa shape index (κ2) is 8.28. The lowest BCUT2D eigenvalue weighted by molar-refractivity contribution is -0.138. The Kier molecular flexibility index (Phi) is 5.83. The monoisotopic (exact) mass is 374 g/mol. The molecule has 4 amide bonds. The van der Waals surface area contributed by atoms with Gasteiger partial charge in [-0.3, -0.25) is 9.59 Å². The fourth-order valence-electron chi connectivity index (χ4n) is 3.76. The Bertz CT molecular complexity index is 715. The molecule has 2 saturated heterocycles. The number of amides is 4. The highest BCUT2D eigenvalue weighted by molar-refractivity contribution is 5.97. The van der Waals surface area contributed by atoms with Gasteiger partial charge in [-0.25, -0.2) is 4.79 Å². The van der Waals surface area contributed by atoms with Gasteiger partial charge >= 0.3 is 6.03 Å². The normalized spacial score (nSPS) is 20.3. The fraction of sp³-hybridized carbons (Fsp3) is 0.526. The smallest absolute Gasteiger partial charge is 0.314 e. The van der Waals surface area contributed by atoms with Crippen molar-refractivity contribution in [3.8, 4) is 5.75 Å². The number of nitrogens with zero attached hydrogens (tertiary/aromatic N) is 3. The standard InChI is InChI=1S/C19H26N4O4/c1-27-16-7-3-2-6-15(16)18(25)22-11-9-21(10-12-22)17(24)14-5-4-8-23(13-14)19(20)26/h2-3,6-7,14H,4-5,8-13H2,1H3,(H2,20,26)/t14-/m0/s1. The minimum absolute atomic E-state index is 0.0466. The van der Waals surface area contributed by atoms with E-state index in [1.54, 1.807) is 29.0 Å². The van der Waals surface area contributed by atoms with Crippen molar-refractivity contribution < 1.29 is 19.1 Å². The Balaban J connectivity index is 1.57. The summed E-state index contributed by atoms with van der Waals surface area (Å²) < 4.78 is 5.27. The van der Waals surface area contributed by atoms with Gasteiger partial charge in [0.1, 0.15) is 5.75 Å². The van der Waals surface area contributed by atoms with Gasteiger partial charge in [-0.2, -0.15) is 0 Å². The van der Waals surface area contributed by atoms with Crippen LogP contribution in [0.4, 0.5) is 4.79 Å². The van der Waals surface area contributed by atoms with E-state index in [0.717, 1.165) is 12.8 Å². The molecule has 2 aliphatic heterocycles. The van der Waals surface area contributed by atoms with E-state index < -0.39 is 6.03 Å². The van der Waals surface area contributed by atoms with Gasteiger partial charge in [-0.15, -0.1) is 0 Å². The van der Waals surface area contributed by atoms with E-state index in [-0.39, 0.29) is 17.7 Å². The summed E-state index contributed by atoms with van der Waals surface area (Å²) in [7, 11) is 1.54. The van der Waals surface area contributed by atoms with Crippen LogP contribution in [0, 0.1) is 5.92 Å². The summed E-state index contributed by atoms with van der Waals surface area (Å²) in [5.41, 5.74) is 5.88. The first-order valence-electron chi connectivity index (χ1n) is 9.26. The summed E-state index contributed by atoms with van der Waals surface area (Å²) >= 11 is 0. The van der Waals surface area contributed by atoms with Crippen LogP contribution in [0.3, 0.4) is 0 Å². The largest absolute Gasteiger partial charge is 0.496 e. The minimum Gasteiger partial charge on any atom is -0.496 e. The highest BCUT2D eigenvalue weighted by Crippen LogP contribution is 2.22. The molecule has 8 nitrogen and oxygen atoms in total. The second-order valence-corrected chi connectivity index (χ2v) is 6.94. The minimum atomic E-state index is -0.472. The Morgan fingerprint density at radius 3 is 2.33 bits per heavy atom. The zero-order chi connectivity index (χ0) is 19.4. The second-order valence-electron chi connectivity index (χ2n) is 6.94. The lowest BCUT2D eigenvalue weighted by Crippen LogP contribution is -2.54. The molecule has 2 aliphatic rings. The van der Waals surface area contributed by atoms with E-state index in [2.05, 4.69) is 0 Å². The van der Waals surface area contributed by atoms with Crippen LogP contribution in [-0.4, -0.2) is 78.9 Å². The molecule has 0 saturated carbocycles. The van der Waals surface area contributed by atoms with Crippen molar-refractivity contribution in [2.24, 2.45) is 11.7 Å². The van der Waals surface area contributed by atoms with Gasteiger partial charge in [0.2, 0.25) is 5.91 Å². The van der Waals surface area contributed by atoms with Crippen molar-refractivity contribution >= 4 is 17.8 Å². The van der Waals surface area contributed by atoms with Gasteiger partial charge in [-0.05, 0) is 25.0 Å². The molecule has 2 N–H and O–H groups in total. The zero-order valence-electron chi connectivity index (χ0n) is 15.6. The molecule has 0 unspecified atom stereocenters. The Morgan fingerprint density at radius 2 is 1.67 bits per heavy atom. The molecule has 1 aromatic carbocycles. The van der Waals surface area contributed by atoms with E-state index in [1.807, 2.05) is 12.1 Å². The average molecular weight is 374 g/mol. The Morgan fingerprint density at radius 1 is 1.00 bits per heavy atom. The van der Waals surface area contributed by atoms with Gasteiger partial charge in [0.25, 0.3) is 5.91 Å². The molecular formula is C19H26N4O4. The number of methoxy groups -OCH3 is 1. The molecular weight excluding hydrogens is 348 g/mol.